The molecule has 0 radical (unpaired) electrons. The minimum Gasteiger partial charge on any atom is -0.339 e. The van der Waals surface area contributed by atoms with Crippen LogP contribution in [0.15, 0.2) is 52.3 Å². The van der Waals surface area contributed by atoms with Gasteiger partial charge in [0.25, 0.3) is 15.9 Å². The topological polar surface area (TPSA) is 101 Å². The molecular formula is C19H21ClN2O5S2. The summed E-state index contributed by atoms with van der Waals surface area (Å²) >= 11 is 6.16. The largest absolute Gasteiger partial charge is 0.339 e. The van der Waals surface area contributed by atoms with Gasteiger partial charge in [-0.2, -0.15) is 0 Å². The van der Waals surface area contributed by atoms with Crippen LogP contribution in [-0.2, 0) is 19.9 Å². The Kier molecular flexibility index (Phi) is 6.21. The smallest absolute Gasteiger partial charge is 0.261 e. The van der Waals surface area contributed by atoms with E-state index < -0.39 is 19.9 Å². The molecule has 7 nitrogen and oxygen atoms in total. The second kappa shape index (κ2) is 8.33. The molecule has 3 rings (SSSR count). The van der Waals surface area contributed by atoms with Crippen LogP contribution in [0.2, 0.25) is 5.02 Å². The predicted molar refractivity (Wildman–Crippen MR) is 112 cm³/mol. The highest BCUT2D eigenvalue weighted by atomic mass is 35.5. The average Bonchev–Trinajstić information content (AvgIpc) is 2.68. The summed E-state index contributed by atoms with van der Waals surface area (Å²) in [5, 5.41) is 0.192. The van der Waals surface area contributed by atoms with Crippen molar-refractivity contribution in [3.05, 3.63) is 53.1 Å². The van der Waals surface area contributed by atoms with Crippen molar-refractivity contribution in [3.8, 4) is 0 Å². The molecule has 1 N–H and O–H groups in total. The Hall–Kier alpha value is -2.10. The van der Waals surface area contributed by atoms with Crippen molar-refractivity contribution in [1.29, 1.82) is 0 Å². The van der Waals surface area contributed by atoms with Gasteiger partial charge in [-0.25, -0.2) is 16.8 Å². The Balaban J connectivity index is 1.86. The molecule has 0 bridgehead atoms. The standard InChI is InChI=1S/C19H21ClN2O5S2/c1-28(24,25)15-7-5-14(6-8-15)21-29(26,27)16-9-10-18(20)17(13-16)19(23)22-11-3-2-4-12-22/h5-10,13,21H,2-4,11-12H2,1H3. The van der Waals surface area contributed by atoms with Crippen molar-refractivity contribution in [2.45, 2.75) is 29.1 Å². The molecule has 1 aliphatic rings. The lowest BCUT2D eigenvalue weighted by Gasteiger charge is -2.27. The van der Waals surface area contributed by atoms with E-state index >= 15 is 0 Å². The number of carbonyl (C=O) groups excluding carboxylic acids is 1. The van der Waals surface area contributed by atoms with E-state index in [0.29, 0.717) is 13.1 Å². The van der Waals surface area contributed by atoms with Gasteiger partial charge in [0.15, 0.2) is 9.84 Å². The normalized spacial score (nSPS) is 15.2. The Morgan fingerprint density at radius 2 is 1.52 bits per heavy atom. The Labute approximate surface area is 175 Å². The molecule has 0 atom stereocenters. The van der Waals surface area contributed by atoms with Crippen molar-refractivity contribution in [2.24, 2.45) is 0 Å². The zero-order valence-electron chi connectivity index (χ0n) is 15.8. The van der Waals surface area contributed by atoms with E-state index in [1.165, 1.54) is 42.5 Å². The lowest BCUT2D eigenvalue weighted by atomic mass is 10.1. The highest BCUT2D eigenvalue weighted by Gasteiger charge is 2.23. The van der Waals surface area contributed by atoms with Gasteiger partial charge in [0, 0.05) is 25.0 Å². The molecule has 0 aromatic heterocycles. The summed E-state index contributed by atoms with van der Waals surface area (Å²) in [7, 11) is -7.37. The SMILES string of the molecule is CS(=O)(=O)c1ccc(NS(=O)(=O)c2ccc(Cl)c(C(=O)N3CCCCC3)c2)cc1. The molecule has 156 valence electrons. The van der Waals surface area contributed by atoms with E-state index in [1.807, 2.05) is 0 Å². The number of sulfone groups is 1. The van der Waals surface area contributed by atoms with Crippen molar-refractivity contribution in [3.63, 3.8) is 0 Å². The Bertz CT molecular complexity index is 1120. The summed E-state index contributed by atoms with van der Waals surface area (Å²) in [6.45, 7) is 1.24. The van der Waals surface area contributed by atoms with Gasteiger partial charge in [-0.05, 0) is 61.7 Å². The highest BCUT2D eigenvalue weighted by molar-refractivity contribution is 7.92. The van der Waals surface area contributed by atoms with Crippen LogP contribution in [0.3, 0.4) is 0 Å². The number of hydrogen-bond acceptors (Lipinski definition) is 5. The Morgan fingerprint density at radius 1 is 0.931 bits per heavy atom. The molecule has 1 amide bonds. The molecule has 0 aliphatic carbocycles. The second-order valence-corrected chi connectivity index (χ2v) is 11.0. The van der Waals surface area contributed by atoms with E-state index in [2.05, 4.69) is 4.72 Å². The fourth-order valence-corrected chi connectivity index (χ4v) is 5.00. The zero-order chi connectivity index (χ0) is 21.2. The van der Waals surface area contributed by atoms with E-state index in [-0.39, 0.29) is 32.0 Å². The van der Waals surface area contributed by atoms with Crippen molar-refractivity contribution < 1.29 is 21.6 Å². The number of anilines is 1. The molecule has 0 spiro atoms. The van der Waals surface area contributed by atoms with Gasteiger partial charge in [0.2, 0.25) is 0 Å². The average molecular weight is 457 g/mol. The zero-order valence-corrected chi connectivity index (χ0v) is 18.1. The fourth-order valence-electron chi connectivity index (χ4n) is 3.09. The third-order valence-corrected chi connectivity index (χ3v) is 7.49. The second-order valence-electron chi connectivity index (χ2n) is 6.90. The minimum absolute atomic E-state index is 0.0846. The summed E-state index contributed by atoms with van der Waals surface area (Å²) in [5.74, 6) is -0.288. The number of amides is 1. The number of benzene rings is 2. The van der Waals surface area contributed by atoms with Crippen LogP contribution in [0.1, 0.15) is 29.6 Å². The summed E-state index contributed by atoms with van der Waals surface area (Å²) in [4.78, 5) is 14.4. The van der Waals surface area contributed by atoms with Gasteiger partial charge in [-0.3, -0.25) is 9.52 Å². The number of hydrogen-bond donors (Lipinski definition) is 1. The predicted octanol–water partition coefficient (Wildman–Crippen LogP) is 3.17. The van der Waals surface area contributed by atoms with Gasteiger partial charge >= 0.3 is 0 Å². The molecule has 1 aliphatic heterocycles. The quantitative estimate of drug-likeness (QED) is 0.744. The third kappa shape index (κ3) is 5.09. The first kappa shape index (κ1) is 21.6. The lowest BCUT2D eigenvalue weighted by Crippen LogP contribution is -2.35. The Morgan fingerprint density at radius 3 is 2.10 bits per heavy atom. The number of rotatable bonds is 5. The fraction of sp³-hybridized carbons (Fsp3) is 0.316. The van der Waals surface area contributed by atoms with E-state index in [4.69, 9.17) is 11.6 Å². The van der Waals surface area contributed by atoms with E-state index in [1.54, 1.807) is 4.90 Å². The van der Waals surface area contributed by atoms with Crippen LogP contribution in [0, 0.1) is 0 Å². The minimum atomic E-state index is -3.99. The number of nitrogens with one attached hydrogen (secondary N) is 1. The van der Waals surface area contributed by atoms with Crippen LogP contribution in [0.25, 0.3) is 0 Å². The summed E-state index contributed by atoms with van der Waals surface area (Å²) in [6.07, 6.45) is 3.95. The van der Waals surface area contributed by atoms with Crippen LogP contribution in [-0.4, -0.2) is 47.0 Å². The maximum atomic E-state index is 12.8. The summed E-state index contributed by atoms with van der Waals surface area (Å²) < 4.78 is 50.9. The number of carbonyl (C=O) groups is 1. The highest BCUT2D eigenvalue weighted by Crippen LogP contribution is 2.25. The van der Waals surface area contributed by atoms with Crippen molar-refractivity contribution in [1.82, 2.24) is 4.90 Å². The molecule has 2 aromatic carbocycles. The molecule has 1 heterocycles. The molecule has 2 aromatic rings. The monoisotopic (exact) mass is 456 g/mol. The maximum absolute atomic E-state index is 12.8. The van der Waals surface area contributed by atoms with Gasteiger partial charge in [-0.1, -0.05) is 11.6 Å². The number of halogens is 1. The first-order valence-corrected chi connectivity index (χ1v) is 12.7. The molecular weight excluding hydrogens is 436 g/mol. The van der Waals surface area contributed by atoms with Crippen molar-refractivity contribution >= 4 is 43.1 Å². The van der Waals surface area contributed by atoms with Gasteiger partial charge < -0.3 is 4.90 Å². The van der Waals surface area contributed by atoms with E-state index in [9.17, 15) is 21.6 Å². The van der Waals surface area contributed by atoms with Gasteiger partial charge in [0.1, 0.15) is 0 Å². The molecule has 10 heteroatoms. The molecule has 0 saturated carbocycles. The first-order chi connectivity index (χ1) is 13.6. The molecule has 1 saturated heterocycles. The number of sulfonamides is 1. The van der Waals surface area contributed by atoms with Crippen LogP contribution >= 0.6 is 11.6 Å². The molecule has 0 unspecified atom stereocenters. The molecule has 29 heavy (non-hydrogen) atoms. The maximum Gasteiger partial charge on any atom is 0.261 e. The number of piperidine rings is 1. The molecule has 1 fully saturated rings. The van der Waals surface area contributed by atoms with Gasteiger partial charge in [-0.15, -0.1) is 0 Å². The first-order valence-electron chi connectivity index (χ1n) is 9.00. The third-order valence-electron chi connectivity index (χ3n) is 4.66. The van der Waals surface area contributed by atoms with Gasteiger partial charge in [0.05, 0.1) is 20.4 Å². The van der Waals surface area contributed by atoms with Crippen LogP contribution in [0.4, 0.5) is 5.69 Å². The van der Waals surface area contributed by atoms with Crippen LogP contribution in [0.5, 0.6) is 0 Å². The number of likely N-dealkylation sites (tertiary alicyclic amines) is 1. The van der Waals surface area contributed by atoms with Crippen molar-refractivity contribution in [2.75, 3.05) is 24.1 Å². The summed E-state index contributed by atoms with van der Waals surface area (Å²) in [5.41, 5.74) is 0.347. The van der Waals surface area contributed by atoms with E-state index in [0.717, 1.165) is 25.5 Å². The van der Waals surface area contributed by atoms with Crippen LogP contribution < -0.4 is 4.72 Å². The summed E-state index contributed by atoms with van der Waals surface area (Å²) in [6, 6.07) is 9.35. The lowest BCUT2D eigenvalue weighted by molar-refractivity contribution is 0.0724. The number of nitrogens with zero attached hydrogens (tertiary/aromatic N) is 1.